The van der Waals surface area contributed by atoms with Crippen LogP contribution in [0.5, 0.6) is 0 Å². The Balaban J connectivity index is 2.78. The lowest BCUT2D eigenvalue weighted by Gasteiger charge is -2.10. The Bertz CT molecular complexity index is 795. The van der Waals surface area contributed by atoms with Crippen molar-refractivity contribution in [2.45, 2.75) is 5.16 Å². The zero-order chi connectivity index (χ0) is 15.1. The summed E-state index contributed by atoms with van der Waals surface area (Å²) in [6.07, 6.45) is 0.918. The first-order valence-corrected chi connectivity index (χ1v) is 7.55. The van der Waals surface area contributed by atoms with E-state index in [1.165, 1.54) is 12.1 Å². The maximum absolute atomic E-state index is 13.9. The van der Waals surface area contributed by atoms with Crippen molar-refractivity contribution in [2.75, 3.05) is 17.7 Å². The van der Waals surface area contributed by atoms with E-state index < -0.39 is 20.8 Å². The minimum Gasteiger partial charge on any atom is -0.397 e. The third-order valence-electron chi connectivity index (χ3n) is 2.49. The third kappa shape index (κ3) is 2.66. The fourth-order valence-electron chi connectivity index (χ4n) is 1.56. The van der Waals surface area contributed by atoms with Gasteiger partial charge in [-0.05, 0) is 12.1 Å². The second-order valence-corrected chi connectivity index (χ2v) is 6.35. The zero-order valence-electron chi connectivity index (χ0n) is 10.3. The number of nitrogens with zero attached hydrogens (tertiary/aromatic N) is 2. The minimum atomic E-state index is -3.69. The molecule has 9 heteroatoms. The molecule has 0 atom stereocenters. The van der Waals surface area contributed by atoms with Crippen LogP contribution in [0.15, 0.2) is 23.4 Å². The highest BCUT2D eigenvalue weighted by Crippen LogP contribution is 2.32. The number of rotatable bonds is 2. The first-order valence-electron chi connectivity index (χ1n) is 5.28. The second kappa shape index (κ2) is 4.88. The maximum Gasteiger partial charge on any atom is 0.248 e. The molecular formula is C11H10ClFN4O2S. The van der Waals surface area contributed by atoms with E-state index in [1.807, 2.05) is 0 Å². The van der Waals surface area contributed by atoms with Gasteiger partial charge in [-0.1, -0.05) is 11.6 Å². The highest BCUT2D eigenvalue weighted by molar-refractivity contribution is 7.90. The molecule has 4 N–H and O–H groups in total. The molecule has 20 heavy (non-hydrogen) atoms. The number of hydrogen-bond donors (Lipinski definition) is 2. The van der Waals surface area contributed by atoms with Crippen LogP contribution in [0.4, 0.5) is 15.8 Å². The molecule has 2 rings (SSSR count). The van der Waals surface area contributed by atoms with Gasteiger partial charge >= 0.3 is 0 Å². The Morgan fingerprint density at radius 2 is 1.90 bits per heavy atom. The molecule has 0 aliphatic carbocycles. The molecule has 0 amide bonds. The van der Waals surface area contributed by atoms with Crippen LogP contribution in [0, 0.1) is 5.82 Å². The van der Waals surface area contributed by atoms with Crippen molar-refractivity contribution in [3.63, 3.8) is 0 Å². The molecule has 0 bridgehead atoms. The summed E-state index contributed by atoms with van der Waals surface area (Å²) in [6, 6.07) is 3.62. The average Bonchev–Trinajstić information content (AvgIpc) is 2.33. The Morgan fingerprint density at radius 1 is 1.25 bits per heavy atom. The van der Waals surface area contributed by atoms with Crippen molar-refractivity contribution >= 4 is 32.8 Å². The van der Waals surface area contributed by atoms with Crippen LogP contribution in [-0.2, 0) is 9.84 Å². The molecular weight excluding hydrogens is 307 g/mol. The van der Waals surface area contributed by atoms with Gasteiger partial charge in [-0.3, -0.25) is 0 Å². The van der Waals surface area contributed by atoms with Gasteiger partial charge in [0.05, 0.1) is 22.6 Å². The van der Waals surface area contributed by atoms with Gasteiger partial charge in [0, 0.05) is 12.3 Å². The second-order valence-electron chi connectivity index (χ2n) is 4.06. The van der Waals surface area contributed by atoms with Gasteiger partial charge in [-0.15, -0.1) is 0 Å². The highest BCUT2D eigenvalue weighted by Gasteiger charge is 2.18. The monoisotopic (exact) mass is 316 g/mol. The van der Waals surface area contributed by atoms with E-state index in [-0.39, 0.29) is 27.8 Å². The fourth-order valence-corrected chi connectivity index (χ4v) is 2.32. The van der Waals surface area contributed by atoms with Crippen molar-refractivity contribution in [1.82, 2.24) is 9.97 Å². The molecule has 1 heterocycles. The quantitative estimate of drug-likeness (QED) is 0.493. The molecule has 0 unspecified atom stereocenters. The van der Waals surface area contributed by atoms with E-state index in [9.17, 15) is 12.8 Å². The van der Waals surface area contributed by atoms with E-state index in [1.54, 1.807) is 0 Å². The van der Waals surface area contributed by atoms with E-state index in [2.05, 4.69) is 9.97 Å². The lowest BCUT2D eigenvalue weighted by atomic mass is 10.1. The molecule has 2 aromatic rings. The molecule has 0 saturated heterocycles. The number of benzene rings is 1. The average molecular weight is 317 g/mol. The molecule has 1 aromatic heterocycles. The first-order chi connectivity index (χ1) is 9.20. The molecule has 0 fully saturated rings. The van der Waals surface area contributed by atoms with Gasteiger partial charge in [-0.25, -0.2) is 22.8 Å². The summed E-state index contributed by atoms with van der Waals surface area (Å²) in [5, 5.41) is -0.655. The molecule has 6 nitrogen and oxygen atoms in total. The third-order valence-corrected chi connectivity index (χ3v) is 3.53. The van der Waals surface area contributed by atoms with Crippen LogP contribution in [0.1, 0.15) is 0 Å². The fraction of sp³-hybridized carbons (Fsp3) is 0.0909. The molecule has 0 spiro atoms. The van der Waals surface area contributed by atoms with Crippen LogP contribution in [0.2, 0.25) is 5.15 Å². The minimum absolute atomic E-state index is 0.0424. The number of nitrogens with two attached hydrogens (primary N) is 2. The van der Waals surface area contributed by atoms with E-state index in [0.29, 0.717) is 0 Å². The van der Waals surface area contributed by atoms with Crippen LogP contribution in [0.25, 0.3) is 11.3 Å². The van der Waals surface area contributed by atoms with Crippen LogP contribution in [0.3, 0.4) is 0 Å². The lowest BCUT2D eigenvalue weighted by molar-refractivity contribution is 0.592. The predicted octanol–water partition coefficient (Wildman–Crippen LogP) is 1.50. The van der Waals surface area contributed by atoms with Crippen molar-refractivity contribution in [1.29, 1.82) is 0 Å². The van der Waals surface area contributed by atoms with Gasteiger partial charge in [0.25, 0.3) is 0 Å². The Morgan fingerprint density at radius 3 is 2.50 bits per heavy atom. The summed E-state index contributed by atoms with van der Waals surface area (Å²) < 4.78 is 36.8. The van der Waals surface area contributed by atoms with Gasteiger partial charge in [0.1, 0.15) is 11.0 Å². The van der Waals surface area contributed by atoms with Gasteiger partial charge < -0.3 is 11.5 Å². The Labute approximate surface area is 119 Å². The van der Waals surface area contributed by atoms with Crippen molar-refractivity contribution < 1.29 is 12.8 Å². The summed E-state index contributed by atoms with van der Waals surface area (Å²) in [5.74, 6) is -0.689. The molecule has 0 saturated carbocycles. The first kappa shape index (κ1) is 14.5. The molecule has 1 aromatic carbocycles. The maximum atomic E-state index is 13.9. The van der Waals surface area contributed by atoms with Crippen LogP contribution < -0.4 is 11.5 Å². The van der Waals surface area contributed by atoms with Crippen molar-refractivity contribution in [2.24, 2.45) is 0 Å². The number of halogens is 2. The molecule has 106 valence electrons. The van der Waals surface area contributed by atoms with Gasteiger partial charge in [0.2, 0.25) is 15.0 Å². The predicted molar refractivity (Wildman–Crippen MR) is 74.4 cm³/mol. The van der Waals surface area contributed by atoms with Crippen molar-refractivity contribution in [3.05, 3.63) is 29.2 Å². The number of hydrogen-bond acceptors (Lipinski definition) is 6. The smallest absolute Gasteiger partial charge is 0.248 e. The molecule has 0 aliphatic rings. The largest absolute Gasteiger partial charge is 0.397 e. The number of nitrogen functional groups attached to an aromatic ring is 2. The number of anilines is 2. The standard InChI is InChI=1S/C11H10ClFN4O2S/c1-20(18,19)11-16-7(4-8(12)17-11)9-5(13)2-3-6(14)10(9)15/h2-4H,14-15H2,1H3. The SMILES string of the molecule is CS(=O)(=O)c1nc(Cl)cc(-c2c(F)ccc(N)c2N)n1. The number of sulfone groups is 1. The molecule has 0 radical (unpaired) electrons. The van der Waals surface area contributed by atoms with Gasteiger partial charge in [0.15, 0.2) is 0 Å². The summed E-state index contributed by atoms with van der Waals surface area (Å²) in [7, 11) is -3.69. The van der Waals surface area contributed by atoms with E-state index in [4.69, 9.17) is 23.1 Å². The topological polar surface area (TPSA) is 112 Å². The Kier molecular flexibility index (Phi) is 3.53. The summed E-state index contributed by atoms with van der Waals surface area (Å²) in [5.41, 5.74) is 11.3. The van der Waals surface area contributed by atoms with Crippen LogP contribution in [-0.4, -0.2) is 24.6 Å². The van der Waals surface area contributed by atoms with E-state index in [0.717, 1.165) is 12.3 Å². The zero-order valence-corrected chi connectivity index (χ0v) is 11.8. The van der Waals surface area contributed by atoms with Gasteiger partial charge in [-0.2, -0.15) is 0 Å². The van der Waals surface area contributed by atoms with E-state index >= 15 is 0 Å². The van der Waals surface area contributed by atoms with Crippen molar-refractivity contribution in [3.8, 4) is 11.3 Å². The summed E-state index contributed by atoms with van der Waals surface area (Å²) >= 11 is 5.74. The lowest BCUT2D eigenvalue weighted by Crippen LogP contribution is -2.07. The summed E-state index contributed by atoms with van der Waals surface area (Å²) in [4.78, 5) is 7.36. The highest BCUT2D eigenvalue weighted by atomic mass is 35.5. The normalized spacial score (nSPS) is 11.6. The van der Waals surface area contributed by atoms with Crippen LogP contribution >= 0.6 is 11.6 Å². The Hall–Kier alpha value is -1.93. The summed E-state index contributed by atoms with van der Waals surface area (Å²) in [6.45, 7) is 0. The number of aromatic nitrogens is 2. The molecule has 0 aliphatic heterocycles.